The van der Waals surface area contributed by atoms with Crippen molar-refractivity contribution in [2.45, 2.75) is 58.5 Å². The van der Waals surface area contributed by atoms with Gasteiger partial charge in [0.2, 0.25) is 0 Å². The number of aliphatic imine (C=N–C) groups is 1. The number of rotatable bonds is 9. The minimum Gasteiger partial charge on any atom is -0.385 e. The van der Waals surface area contributed by atoms with Crippen LogP contribution in [-0.4, -0.2) is 69.9 Å². The molecule has 2 saturated heterocycles. The first kappa shape index (κ1) is 27.2. The predicted octanol–water partition coefficient (Wildman–Crippen LogP) is 4.10. The molecular formula is C25H44IN5O. The van der Waals surface area contributed by atoms with Gasteiger partial charge < -0.3 is 25.2 Å². The Morgan fingerprint density at radius 3 is 2.38 bits per heavy atom. The Balaban J connectivity index is 0.00000363. The number of methoxy groups -OCH3 is 1. The monoisotopic (exact) mass is 557 g/mol. The van der Waals surface area contributed by atoms with Gasteiger partial charge >= 0.3 is 0 Å². The van der Waals surface area contributed by atoms with Crippen molar-refractivity contribution < 1.29 is 4.74 Å². The Morgan fingerprint density at radius 1 is 1.06 bits per heavy atom. The lowest BCUT2D eigenvalue weighted by atomic mass is 9.99. The summed E-state index contributed by atoms with van der Waals surface area (Å²) in [6.45, 7) is 12.7. The molecule has 0 aliphatic carbocycles. The van der Waals surface area contributed by atoms with Gasteiger partial charge in [0.05, 0.1) is 6.54 Å². The van der Waals surface area contributed by atoms with E-state index >= 15 is 0 Å². The summed E-state index contributed by atoms with van der Waals surface area (Å²) in [5, 5.41) is 7.08. The molecule has 7 heteroatoms. The van der Waals surface area contributed by atoms with Gasteiger partial charge in [0.25, 0.3) is 0 Å². The number of hydrogen-bond donors (Lipinski definition) is 2. The van der Waals surface area contributed by atoms with Crippen molar-refractivity contribution in [1.82, 2.24) is 15.5 Å². The summed E-state index contributed by atoms with van der Waals surface area (Å²) >= 11 is 0. The van der Waals surface area contributed by atoms with Crippen molar-refractivity contribution in [1.29, 1.82) is 0 Å². The zero-order chi connectivity index (χ0) is 21.9. The third kappa shape index (κ3) is 9.06. The molecule has 32 heavy (non-hydrogen) atoms. The van der Waals surface area contributed by atoms with E-state index in [4.69, 9.17) is 9.73 Å². The molecule has 0 atom stereocenters. The summed E-state index contributed by atoms with van der Waals surface area (Å²) in [5.74, 6) is 1.80. The largest absolute Gasteiger partial charge is 0.385 e. The maximum absolute atomic E-state index is 5.17. The number of guanidine groups is 1. The fraction of sp³-hybridized carbons (Fsp3) is 0.720. The standard InChI is InChI=1S/C25H43N5O.HI/c1-4-26-25(28-23-12-15-29(16-13-23)14-5-19-31-3)27-20-22-6-8-24(9-7-22)30-17-10-21(2)11-18-30;/h6-9,21,23H,4-5,10-20H2,1-3H3,(H2,26,27,28);1H. The highest BCUT2D eigenvalue weighted by atomic mass is 127. The molecule has 0 spiro atoms. The van der Waals surface area contributed by atoms with Crippen LogP contribution in [0.3, 0.4) is 0 Å². The molecule has 2 fully saturated rings. The first-order valence-electron chi connectivity index (χ1n) is 12.3. The highest BCUT2D eigenvalue weighted by Gasteiger charge is 2.19. The van der Waals surface area contributed by atoms with Crippen LogP contribution in [0.4, 0.5) is 5.69 Å². The van der Waals surface area contributed by atoms with Crippen molar-refractivity contribution in [3.63, 3.8) is 0 Å². The van der Waals surface area contributed by atoms with E-state index in [1.165, 1.54) is 50.0 Å². The number of likely N-dealkylation sites (tertiary alicyclic amines) is 1. The van der Waals surface area contributed by atoms with Crippen LogP contribution < -0.4 is 15.5 Å². The van der Waals surface area contributed by atoms with Gasteiger partial charge in [-0.15, -0.1) is 24.0 Å². The van der Waals surface area contributed by atoms with Gasteiger partial charge in [-0.1, -0.05) is 19.1 Å². The summed E-state index contributed by atoms with van der Waals surface area (Å²) in [5.41, 5.74) is 2.61. The smallest absolute Gasteiger partial charge is 0.191 e. The third-order valence-electron chi connectivity index (χ3n) is 6.60. The average Bonchev–Trinajstić information content (AvgIpc) is 2.80. The lowest BCUT2D eigenvalue weighted by Crippen LogP contribution is -2.48. The quantitative estimate of drug-likeness (QED) is 0.207. The van der Waals surface area contributed by atoms with E-state index in [2.05, 4.69) is 58.5 Å². The fourth-order valence-electron chi connectivity index (χ4n) is 4.50. The molecule has 0 aromatic heterocycles. The van der Waals surface area contributed by atoms with Crippen molar-refractivity contribution in [2.24, 2.45) is 10.9 Å². The number of benzene rings is 1. The molecule has 182 valence electrons. The van der Waals surface area contributed by atoms with Crippen LogP contribution in [-0.2, 0) is 11.3 Å². The van der Waals surface area contributed by atoms with E-state index in [0.29, 0.717) is 12.6 Å². The molecule has 3 rings (SSSR count). The van der Waals surface area contributed by atoms with Gasteiger partial charge in [-0.2, -0.15) is 0 Å². The van der Waals surface area contributed by atoms with Gasteiger partial charge in [0, 0.05) is 64.7 Å². The molecule has 6 nitrogen and oxygen atoms in total. The molecule has 0 radical (unpaired) electrons. The summed E-state index contributed by atoms with van der Waals surface area (Å²) in [7, 11) is 1.78. The number of hydrogen-bond acceptors (Lipinski definition) is 4. The minimum atomic E-state index is 0. The van der Waals surface area contributed by atoms with Crippen LogP contribution in [0.1, 0.15) is 51.5 Å². The number of ether oxygens (including phenoxy) is 1. The number of piperidine rings is 2. The second-order valence-electron chi connectivity index (χ2n) is 9.14. The van der Waals surface area contributed by atoms with E-state index in [9.17, 15) is 0 Å². The van der Waals surface area contributed by atoms with Crippen molar-refractivity contribution in [3.05, 3.63) is 29.8 Å². The maximum atomic E-state index is 5.17. The second-order valence-corrected chi connectivity index (χ2v) is 9.14. The molecule has 0 unspecified atom stereocenters. The normalized spacial score (nSPS) is 19.0. The zero-order valence-electron chi connectivity index (χ0n) is 20.3. The van der Waals surface area contributed by atoms with Crippen LogP contribution in [0, 0.1) is 5.92 Å². The zero-order valence-corrected chi connectivity index (χ0v) is 22.6. The number of anilines is 1. The highest BCUT2D eigenvalue weighted by molar-refractivity contribution is 14.0. The van der Waals surface area contributed by atoms with Crippen molar-refractivity contribution >= 4 is 35.6 Å². The van der Waals surface area contributed by atoms with E-state index < -0.39 is 0 Å². The number of halogens is 1. The first-order valence-corrected chi connectivity index (χ1v) is 12.3. The van der Waals surface area contributed by atoms with Gasteiger partial charge in [-0.25, -0.2) is 4.99 Å². The van der Waals surface area contributed by atoms with Crippen LogP contribution >= 0.6 is 24.0 Å². The lowest BCUT2D eigenvalue weighted by molar-refractivity contribution is 0.155. The Morgan fingerprint density at radius 2 is 1.75 bits per heavy atom. The Bertz CT molecular complexity index is 653. The van der Waals surface area contributed by atoms with Crippen molar-refractivity contribution in [2.75, 3.05) is 57.9 Å². The molecule has 2 N–H and O–H groups in total. The molecule has 0 amide bonds. The Labute approximate surface area is 212 Å². The molecule has 0 saturated carbocycles. The lowest BCUT2D eigenvalue weighted by Gasteiger charge is -2.33. The van der Waals surface area contributed by atoms with E-state index in [1.807, 2.05) is 0 Å². The number of nitrogens with one attached hydrogen (secondary N) is 2. The van der Waals surface area contributed by atoms with Crippen LogP contribution in [0.2, 0.25) is 0 Å². The second kappa shape index (κ2) is 15.0. The van der Waals surface area contributed by atoms with Crippen LogP contribution in [0.15, 0.2) is 29.3 Å². The predicted molar refractivity (Wildman–Crippen MR) is 146 cm³/mol. The molecular weight excluding hydrogens is 513 g/mol. The van der Waals surface area contributed by atoms with Crippen molar-refractivity contribution in [3.8, 4) is 0 Å². The summed E-state index contributed by atoms with van der Waals surface area (Å²) in [4.78, 5) is 9.92. The summed E-state index contributed by atoms with van der Waals surface area (Å²) < 4.78 is 5.17. The van der Waals surface area contributed by atoms with E-state index in [0.717, 1.165) is 51.1 Å². The maximum Gasteiger partial charge on any atom is 0.191 e. The molecule has 1 aromatic carbocycles. The van der Waals surface area contributed by atoms with Gasteiger partial charge in [0.15, 0.2) is 5.96 Å². The molecule has 0 bridgehead atoms. The van der Waals surface area contributed by atoms with Gasteiger partial charge in [0.1, 0.15) is 0 Å². The van der Waals surface area contributed by atoms with Crippen LogP contribution in [0.5, 0.6) is 0 Å². The minimum absolute atomic E-state index is 0. The van der Waals surface area contributed by atoms with E-state index in [1.54, 1.807) is 7.11 Å². The first-order chi connectivity index (χ1) is 15.2. The Hall–Kier alpha value is -1.06. The number of nitrogens with zero attached hydrogens (tertiary/aromatic N) is 3. The van der Waals surface area contributed by atoms with Gasteiger partial charge in [-0.3, -0.25) is 0 Å². The van der Waals surface area contributed by atoms with Gasteiger partial charge in [-0.05, 0) is 62.6 Å². The van der Waals surface area contributed by atoms with E-state index in [-0.39, 0.29) is 24.0 Å². The fourth-order valence-corrected chi connectivity index (χ4v) is 4.50. The highest BCUT2D eigenvalue weighted by Crippen LogP contribution is 2.23. The SMILES string of the molecule is CCNC(=NCc1ccc(N2CCC(C)CC2)cc1)NC1CCN(CCCOC)CC1.I. The molecule has 1 aromatic rings. The average molecular weight is 558 g/mol. The molecule has 2 aliphatic heterocycles. The third-order valence-corrected chi connectivity index (χ3v) is 6.60. The Kier molecular flexibility index (Phi) is 12.7. The van der Waals surface area contributed by atoms with Crippen LogP contribution in [0.25, 0.3) is 0 Å². The summed E-state index contributed by atoms with van der Waals surface area (Å²) in [6.07, 6.45) is 6.06. The summed E-state index contributed by atoms with van der Waals surface area (Å²) in [6, 6.07) is 9.50. The topological polar surface area (TPSA) is 52.1 Å². The molecule has 2 heterocycles. The molecule has 2 aliphatic rings.